The summed E-state index contributed by atoms with van der Waals surface area (Å²) in [5.74, 6) is 5.14. The van der Waals surface area contributed by atoms with E-state index in [2.05, 4.69) is 141 Å². The van der Waals surface area contributed by atoms with Gasteiger partial charge in [-0.25, -0.2) is 15.0 Å². The van der Waals surface area contributed by atoms with Crippen LogP contribution in [0.2, 0.25) is 0 Å². The third-order valence-corrected chi connectivity index (χ3v) is 17.1. The first-order chi connectivity index (χ1) is 41.7. The van der Waals surface area contributed by atoms with Crippen LogP contribution in [0.3, 0.4) is 0 Å². The maximum atomic E-state index is 10.2. The molecule has 3 saturated carbocycles. The number of hydrogen-bond acceptors (Lipinski definition) is 21. The molecule has 3 heterocycles. The van der Waals surface area contributed by atoms with Crippen LogP contribution in [0.4, 0.5) is 35.3 Å². The first-order valence-electron chi connectivity index (χ1n) is 29.6. The van der Waals surface area contributed by atoms with Gasteiger partial charge in [-0.2, -0.15) is 41.3 Å². The number of nitrogens with one attached hydrogen (secondary N) is 6. The van der Waals surface area contributed by atoms with E-state index in [1.54, 1.807) is 32.5 Å². The molecule has 0 saturated heterocycles. The van der Waals surface area contributed by atoms with Crippen LogP contribution in [0.5, 0.6) is 11.5 Å². The monoisotopic (exact) mass is 1180 g/mol. The first kappa shape index (κ1) is 65.2. The molecule has 21 heteroatoms. The summed E-state index contributed by atoms with van der Waals surface area (Å²) < 4.78 is 10.6. The molecular formula is C66H81N17O4. The van der Waals surface area contributed by atoms with E-state index in [-0.39, 0.29) is 40.5 Å². The van der Waals surface area contributed by atoms with Crippen molar-refractivity contribution in [2.24, 2.45) is 22.2 Å². The lowest BCUT2D eigenvalue weighted by Crippen LogP contribution is -2.52. The summed E-state index contributed by atoms with van der Waals surface area (Å²) in [4.78, 5) is 26.3. The third-order valence-electron chi connectivity index (χ3n) is 17.1. The molecule has 21 nitrogen and oxygen atoms in total. The van der Waals surface area contributed by atoms with E-state index < -0.39 is 0 Å². The van der Waals surface area contributed by atoms with Crippen molar-refractivity contribution in [1.29, 1.82) is 26.3 Å². The van der Waals surface area contributed by atoms with Crippen molar-refractivity contribution in [1.82, 2.24) is 29.9 Å². The van der Waals surface area contributed by atoms with Crippen LogP contribution in [-0.2, 0) is 19.3 Å². The van der Waals surface area contributed by atoms with Gasteiger partial charge < -0.3 is 51.6 Å². The molecule has 0 spiro atoms. The molecule has 0 unspecified atom stereocenters. The molecule has 0 aliphatic heterocycles. The Balaban J connectivity index is 0.000000187. The highest BCUT2D eigenvalue weighted by Gasteiger charge is 2.45. The van der Waals surface area contributed by atoms with Gasteiger partial charge >= 0.3 is 0 Å². The Bertz CT molecular complexity index is 3490. The summed E-state index contributed by atoms with van der Waals surface area (Å²) in [6, 6.07) is 32.2. The quantitative estimate of drug-likeness (QED) is 0.0352. The Hall–Kier alpha value is -9.33. The molecule has 87 heavy (non-hydrogen) atoms. The van der Waals surface area contributed by atoms with Crippen LogP contribution in [0.25, 0.3) is 0 Å². The molecule has 8 N–H and O–H groups in total. The van der Waals surface area contributed by atoms with Gasteiger partial charge in [0.15, 0.2) is 11.5 Å². The summed E-state index contributed by atoms with van der Waals surface area (Å²) in [5.41, 5.74) is 5.78. The second-order valence-electron chi connectivity index (χ2n) is 24.4. The highest BCUT2D eigenvalue weighted by atomic mass is 16.5. The minimum absolute atomic E-state index is 0.153. The van der Waals surface area contributed by atoms with Gasteiger partial charge in [-0.05, 0) is 139 Å². The van der Waals surface area contributed by atoms with Gasteiger partial charge in [0.05, 0.1) is 68.3 Å². The second kappa shape index (κ2) is 30.1. The van der Waals surface area contributed by atoms with Crippen molar-refractivity contribution >= 4 is 35.3 Å². The molecule has 3 aliphatic rings. The Kier molecular flexibility index (Phi) is 22.6. The van der Waals surface area contributed by atoms with Crippen molar-refractivity contribution in [3.63, 3.8) is 0 Å². The van der Waals surface area contributed by atoms with Gasteiger partial charge in [0.2, 0.25) is 17.8 Å². The lowest BCUT2D eigenvalue weighted by Gasteiger charge is -2.51. The summed E-state index contributed by atoms with van der Waals surface area (Å²) in [5, 5.41) is 86.1. The van der Waals surface area contributed by atoms with E-state index >= 15 is 0 Å². The summed E-state index contributed by atoms with van der Waals surface area (Å²) >= 11 is 0. The molecular weight excluding hydrogens is 1090 g/mol. The van der Waals surface area contributed by atoms with Crippen molar-refractivity contribution in [3.05, 3.63) is 130 Å². The van der Waals surface area contributed by atoms with Crippen LogP contribution in [0.1, 0.15) is 138 Å². The van der Waals surface area contributed by atoms with Gasteiger partial charge in [0, 0.05) is 37.8 Å². The number of methoxy groups -OCH3 is 2. The fourth-order valence-electron chi connectivity index (χ4n) is 10.9. The number of aliphatic hydroxyl groups excluding tert-OH is 2. The van der Waals surface area contributed by atoms with E-state index in [4.69, 9.17) is 20.0 Å². The predicted octanol–water partition coefficient (Wildman–Crippen LogP) is 10.3. The smallest absolute Gasteiger partial charge is 0.224 e. The lowest BCUT2D eigenvalue weighted by molar-refractivity contribution is 0.00924. The van der Waals surface area contributed by atoms with E-state index in [1.165, 1.54) is 12.4 Å². The minimum atomic E-state index is -0.305. The number of ether oxygens (including phenoxy) is 2. The molecule has 3 fully saturated rings. The second-order valence-corrected chi connectivity index (χ2v) is 24.4. The largest absolute Gasteiger partial charge is 0.493 e. The maximum absolute atomic E-state index is 10.2. The Morgan fingerprint density at radius 1 is 0.506 bits per heavy atom. The van der Waals surface area contributed by atoms with E-state index in [0.29, 0.717) is 106 Å². The highest BCUT2D eigenvalue weighted by molar-refractivity contribution is 5.56. The van der Waals surface area contributed by atoms with Crippen molar-refractivity contribution in [3.8, 4) is 41.8 Å². The van der Waals surface area contributed by atoms with Crippen LogP contribution < -0.4 is 41.4 Å². The fourth-order valence-corrected chi connectivity index (χ4v) is 10.9. The van der Waals surface area contributed by atoms with E-state index in [0.717, 1.165) is 80.9 Å². The molecule has 6 atom stereocenters. The molecule has 0 bridgehead atoms. The summed E-state index contributed by atoms with van der Waals surface area (Å²) in [6.45, 7) is 16.9. The van der Waals surface area contributed by atoms with Crippen LogP contribution in [-0.4, -0.2) is 104 Å². The van der Waals surface area contributed by atoms with Crippen LogP contribution >= 0.6 is 0 Å². The van der Waals surface area contributed by atoms with Crippen LogP contribution in [0, 0.1) is 78.8 Å². The number of benzene rings is 3. The Morgan fingerprint density at radius 2 is 0.885 bits per heavy atom. The van der Waals surface area contributed by atoms with Gasteiger partial charge in [-0.3, -0.25) is 0 Å². The highest BCUT2D eigenvalue weighted by Crippen LogP contribution is 2.47. The first-order valence-corrected chi connectivity index (χ1v) is 29.6. The zero-order valence-corrected chi connectivity index (χ0v) is 51.4. The van der Waals surface area contributed by atoms with Crippen LogP contribution in [0.15, 0.2) is 85.3 Å². The summed E-state index contributed by atoms with van der Waals surface area (Å²) in [7, 11) is 3.23. The van der Waals surface area contributed by atoms with Crippen molar-refractivity contribution in [2.75, 3.05) is 65.8 Å². The number of nitrogens with zero attached hydrogens (tertiary/aromatic N) is 11. The van der Waals surface area contributed by atoms with Crippen molar-refractivity contribution in [2.45, 2.75) is 143 Å². The minimum Gasteiger partial charge on any atom is -0.493 e. The van der Waals surface area contributed by atoms with Gasteiger partial charge in [0.25, 0.3) is 0 Å². The van der Waals surface area contributed by atoms with Gasteiger partial charge in [-0.15, -0.1) is 0 Å². The SMILES string of the molecule is CC1(C)C[C@H](Nc2nc(NCCc3ccc(C#N)cc3)ncc2C#N)CC[C@@H]1O.COc1ccc(CCNc2ncc(C#N)c(N[C@@H]3CC[C@H](O)C(C)(C)C3)n2)cc1OC.C[C@H]1C[C@@H](Nc2nc(NCCc3ccc(C#N)cc3)ncc2C#N)C1(C)C. The molecule has 3 aromatic heterocycles. The maximum Gasteiger partial charge on any atom is 0.224 e. The number of aromatic nitrogens is 6. The fraction of sp³-hybridized carbons (Fsp3) is 0.470. The Labute approximate surface area is 511 Å². The molecule has 9 rings (SSSR count). The number of nitriles is 5. The average Bonchev–Trinajstić information content (AvgIpc) is 1.07. The van der Waals surface area contributed by atoms with E-state index in [1.807, 2.05) is 54.6 Å². The standard InChI is InChI=1S/C23H31N5O3.C22H26N6O.C21H24N6/c1-23(2)12-17(6-8-20(23)29)27-21-16(13-24)14-26-22(28-21)25-10-9-15-5-7-18(30-3)19(11-15)31-4;1-22(2)11-18(7-8-19(22)29)27-20-17(13-24)14-26-21(28-20)25-10-9-15-3-5-16(12-23)6-4-15;1-14-10-18(21(14,2)3)26-19-17(12-23)13-25-20(27-19)24-9-8-15-4-6-16(11-22)7-5-15/h5,7,11,14,17,20,29H,6,8-10,12H2,1-4H3,(H2,25,26,27,28);3-6,14,18-19,29H,7-11H2,1-2H3,(H2,25,26,27,28);4-7,13-14,18H,8-10H2,1-3H3,(H2,24,25,26,27)/t17-,20+;18-,19+;14-,18+/m110/s1. The molecule has 3 aromatic carbocycles. The number of anilines is 6. The van der Waals surface area contributed by atoms with Gasteiger partial charge in [0.1, 0.15) is 52.4 Å². The summed E-state index contributed by atoms with van der Waals surface area (Å²) in [6.07, 6.45) is 12.2. The topological polar surface area (TPSA) is 327 Å². The number of hydrogen-bond donors (Lipinski definition) is 8. The zero-order chi connectivity index (χ0) is 62.7. The molecule has 0 amide bonds. The Morgan fingerprint density at radius 3 is 1.23 bits per heavy atom. The molecule has 6 aromatic rings. The number of aliphatic hydroxyl groups is 2. The average molecular weight is 1180 g/mol. The normalized spacial score (nSPS) is 20.1. The van der Waals surface area contributed by atoms with Crippen molar-refractivity contribution < 1.29 is 19.7 Å². The molecule has 0 radical (unpaired) electrons. The molecule has 454 valence electrons. The predicted molar refractivity (Wildman–Crippen MR) is 336 cm³/mol. The van der Waals surface area contributed by atoms with Gasteiger partial charge in [-0.1, -0.05) is 78.8 Å². The third kappa shape index (κ3) is 17.9. The lowest BCUT2D eigenvalue weighted by atomic mass is 9.59. The number of rotatable bonds is 20. The van der Waals surface area contributed by atoms with E-state index in [9.17, 15) is 26.0 Å². The zero-order valence-electron chi connectivity index (χ0n) is 51.4. The molecule has 3 aliphatic carbocycles.